The van der Waals surface area contributed by atoms with E-state index in [1.54, 1.807) is 11.8 Å². The van der Waals surface area contributed by atoms with E-state index in [4.69, 9.17) is 0 Å². The van der Waals surface area contributed by atoms with Gasteiger partial charge < -0.3 is 10.6 Å². The van der Waals surface area contributed by atoms with Crippen LogP contribution in [0.1, 0.15) is 93.5 Å². The van der Waals surface area contributed by atoms with Crippen molar-refractivity contribution in [2.45, 2.75) is 95.1 Å². The van der Waals surface area contributed by atoms with Crippen molar-refractivity contribution >= 4 is 23.6 Å². The fourth-order valence-corrected chi connectivity index (χ4v) is 8.36. The molecule has 5 saturated carbocycles. The summed E-state index contributed by atoms with van der Waals surface area (Å²) >= 11 is 1.71. The third-order valence-corrected chi connectivity index (χ3v) is 10.0. The summed E-state index contributed by atoms with van der Waals surface area (Å²) in [5.74, 6) is 4.20. The molecular formula is C29H42N2O2S. The molecule has 1 aromatic carbocycles. The lowest BCUT2D eigenvalue weighted by atomic mass is 9.48. The second-order valence-electron chi connectivity index (χ2n) is 12.0. The fourth-order valence-electron chi connectivity index (χ4n) is 7.89. The smallest absolute Gasteiger partial charge is 0.251 e. The van der Waals surface area contributed by atoms with Gasteiger partial charge in [-0.25, -0.2) is 0 Å². The average Bonchev–Trinajstić information content (AvgIpc) is 2.82. The maximum Gasteiger partial charge on any atom is 0.251 e. The van der Waals surface area contributed by atoms with Crippen LogP contribution in [0.2, 0.25) is 0 Å². The van der Waals surface area contributed by atoms with Gasteiger partial charge in [0.1, 0.15) is 6.04 Å². The first kappa shape index (κ1) is 24.2. The summed E-state index contributed by atoms with van der Waals surface area (Å²) in [7, 11) is 0. The molecule has 5 fully saturated rings. The third-order valence-electron chi connectivity index (χ3n) is 9.39. The van der Waals surface area contributed by atoms with Crippen molar-refractivity contribution in [2.75, 3.05) is 12.0 Å². The van der Waals surface area contributed by atoms with Crippen LogP contribution >= 0.6 is 11.8 Å². The Morgan fingerprint density at radius 1 is 0.971 bits per heavy atom. The first-order chi connectivity index (χ1) is 16.4. The quantitative estimate of drug-likeness (QED) is 0.500. The number of rotatable bonds is 8. The third kappa shape index (κ3) is 5.20. The molecule has 2 N–H and O–H groups in total. The minimum Gasteiger partial charge on any atom is -0.352 e. The maximum atomic E-state index is 13.1. The Bertz CT molecular complexity index is 839. The first-order valence-corrected chi connectivity index (χ1v) is 15.0. The van der Waals surface area contributed by atoms with Crippen LogP contribution in [0.15, 0.2) is 24.3 Å². The fraction of sp³-hybridized carbons (Fsp3) is 0.724. The molecule has 0 aliphatic heterocycles. The van der Waals surface area contributed by atoms with Gasteiger partial charge in [0.2, 0.25) is 5.91 Å². The van der Waals surface area contributed by atoms with Gasteiger partial charge in [-0.1, -0.05) is 19.1 Å². The summed E-state index contributed by atoms with van der Waals surface area (Å²) in [4.78, 5) is 26.2. The zero-order valence-electron chi connectivity index (χ0n) is 21.0. The second kappa shape index (κ2) is 10.2. The largest absolute Gasteiger partial charge is 0.352 e. The minimum atomic E-state index is -0.470. The monoisotopic (exact) mass is 482 g/mol. The zero-order chi connectivity index (χ0) is 23.7. The molecule has 0 aromatic heterocycles. The van der Waals surface area contributed by atoms with Crippen molar-refractivity contribution in [1.82, 2.24) is 10.6 Å². The molecular weight excluding hydrogens is 440 g/mol. The summed E-state index contributed by atoms with van der Waals surface area (Å²) in [5.41, 5.74) is 2.45. The SMILES string of the molecule is CSCCC(NC(=O)c1ccc(C23CC4CC(CC(C4)C2)C3)cc1)C(=O)NC1CCC(C)CC1. The second-order valence-corrected chi connectivity index (χ2v) is 13.0. The molecule has 0 heterocycles. The number of benzene rings is 1. The molecule has 4 nitrogen and oxygen atoms in total. The molecule has 5 heteroatoms. The maximum absolute atomic E-state index is 13.1. The Hall–Kier alpha value is -1.49. The van der Waals surface area contributed by atoms with Crippen molar-refractivity contribution in [1.29, 1.82) is 0 Å². The molecule has 34 heavy (non-hydrogen) atoms. The molecule has 1 atom stereocenters. The van der Waals surface area contributed by atoms with E-state index in [1.807, 2.05) is 18.4 Å². The van der Waals surface area contributed by atoms with Crippen LogP contribution in [0.3, 0.4) is 0 Å². The highest BCUT2D eigenvalue weighted by Gasteiger charge is 2.51. The van der Waals surface area contributed by atoms with E-state index in [1.165, 1.54) is 56.9 Å². The van der Waals surface area contributed by atoms with Gasteiger partial charge in [0, 0.05) is 11.6 Å². The van der Waals surface area contributed by atoms with Crippen LogP contribution in [0.4, 0.5) is 0 Å². The lowest BCUT2D eigenvalue weighted by molar-refractivity contribution is -0.124. The normalized spacial score (nSPS) is 35.1. The zero-order valence-corrected chi connectivity index (χ0v) is 21.8. The summed E-state index contributed by atoms with van der Waals surface area (Å²) in [6.07, 6.45) is 15.5. The molecule has 186 valence electrons. The van der Waals surface area contributed by atoms with E-state index in [0.717, 1.165) is 42.3 Å². The van der Waals surface area contributed by atoms with Crippen LogP contribution in [-0.2, 0) is 10.2 Å². The highest BCUT2D eigenvalue weighted by Crippen LogP contribution is 2.60. The van der Waals surface area contributed by atoms with Crippen molar-refractivity contribution in [3.63, 3.8) is 0 Å². The molecule has 2 amide bonds. The highest BCUT2D eigenvalue weighted by molar-refractivity contribution is 7.98. The van der Waals surface area contributed by atoms with Crippen molar-refractivity contribution < 1.29 is 9.59 Å². The molecule has 5 aliphatic carbocycles. The molecule has 0 saturated heterocycles. The predicted molar refractivity (Wildman–Crippen MR) is 140 cm³/mol. The van der Waals surface area contributed by atoms with E-state index in [-0.39, 0.29) is 17.9 Å². The lowest BCUT2D eigenvalue weighted by Gasteiger charge is -2.57. The summed E-state index contributed by atoms with van der Waals surface area (Å²) in [6, 6.07) is 8.19. The topological polar surface area (TPSA) is 58.2 Å². The number of amides is 2. The van der Waals surface area contributed by atoms with E-state index < -0.39 is 6.04 Å². The highest BCUT2D eigenvalue weighted by atomic mass is 32.2. The Balaban J connectivity index is 1.22. The minimum absolute atomic E-state index is 0.0212. The van der Waals surface area contributed by atoms with Gasteiger partial charge in [0.15, 0.2) is 0 Å². The first-order valence-electron chi connectivity index (χ1n) is 13.6. The number of carbonyl (C=O) groups is 2. The van der Waals surface area contributed by atoms with Crippen molar-refractivity contribution in [2.24, 2.45) is 23.7 Å². The lowest BCUT2D eigenvalue weighted by Crippen LogP contribution is -2.50. The Kier molecular flexibility index (Phi) is 7.30. The molecule has 1 unspecified atom stereocenters. The molecule has 0 radical (unpaired) electrons. The average molecular weight is 483 g/mol. The van der Waals surface area contributed by atoms with Gasteiger partial charge in [-0.15, -0.1) is 0 Å². The number of hydrogen-bond acceptors (Lipinski definition) is 3. The Labute approximate surface area is 209 Å². The molecule has 1 aromatic rings. The van der Waals surface area contributed by atoms with Gasteiger partial charge in [0.25, 0.3) is 5.91 Å². The van der Waals surface area contributed by atoms with E-state index >= 15 is 0 Å². The molecule has 4 bridgehead atoms. The van der Waals surface area contributed by atoms with E-state index in [0.29, 0.717) is 17.4 Å². The van der Waals surface area contributed by atoms with Gasteiger partial charge >= 0.3 is 0 Å². The number of thioether (sulfide) groups is 1. The Morgan fingerprint density at radius 3 is 2.12 bits per heavy atom. The van der Waals surface area contributed by atoms with E-state index in [2.05, 4.69) is 29.7 Å². The molecule has 5 aliphatic rings. The van der Waals surface area contributed by atoms with Crippen LogP contribution in [-0.4, -0.2) is 35.9 Å². The summed E-state index contributed by atoms with van der Waals surface area (Å²) in [6.45, 7) is 2.29. The predicted octanol–water partition coefficient (Wildman–Crippen LogP) is 5.70. The van der Waals surface area contributed by atoms with Crippen molar-refractivity contribution in [3.05, 3.63) is 35.4 Å². The van der Waals surface area contributed by atoms with Crippen LogP contribution < -0.4 is 10.6 Å². The van der Waals surface area contributed by atoms with Crippen LogP contribution in [0, 0.1) is 23.7 Å². The summed E-state index contributed by atoms with van der Waals surface area (Å²) < 4.78 is 0. The Morgan fingerprint density at radius 2 is 1.56 bits per heavy atom. The number of carbonyl (C=O) groups excluding carboxylic acids is 2. The summed E-state index contributed by atoms with van der Waals surface area (Å²) in [5, 5.41) is 6.28. The van der Waals surface area contributed by atoms with Gasteiger partial charge in [-0.3, -0.25) is 9.59 Å². The van der Waals surface area contributed by atoms with Crippen LogP contribution in [0.5, 0.6) is 0 Å². The molecule has 6 rings (SSSR count). The van der Waals surface area contributed by atoms with Gasteiger partial charge in [0.05, 0.1) is 0 Å². The number of nitrogens with one attached hydrogen (secondary N) is 2. The van der Waals surface area contributed by atoms with Crippen molar-refractivity contribution in [3.8, 4) is 0 Å². The van der Waals surface area contributed by atoms with Gasteiger partial charge in [-0.05, 0) is 129 Å². The number of hydrogen-bond donors (Lipinski definition) is 2. The van der Waals surface area contributed by atoms with E-state index in [9.17, 15) is 9.59 Å². The van der Waals surface area contributed by atoms with Gasteiger partial charge in [-0.2, -0.15) is 11.8 Å². The molecule has 0 spiro atoms. The standard InChI is InChI=1S/C29H42N2O2S/c1-19-3-9-25(10-4-19)30-28(33)26(11-12-34-2)31-27(32)23-5-7-24(8-6-23)29-16-20-13-21(17-29)15-22(14-20)18-29/h5-8,19-22,25-26H,3-4,9-18H2,1-2H3,(H,30,33)(H,31,32). The van der Waals surface area contributed by atoms with Crippen LogP contribution in [0.25, 0.3) is 0 Å².